The molecule has 0 atom stereocenters. The quantitative estimate of drug-likeness (QED) is 0.236. The first kappa shape index (κ1) is 21.0. The first-order chi connectivity index (χ1) is 17.8. The van der Waals surface area contributed by atoms with Crippen molar-refractivity contribution in [1.29, 1.82) is 0 Å². The summed E-state index contributed by atoms with van der Waals surface area (Å²) in [5.41, 5.74) is 4.82. The lowest BCUT2D eigenvalue weighted by Crippen LogP contribution is -1.96. The molecular formula is C32H22BNOS. The highest BCUT2D eigenvalue weighted by Crippen LogP contribution is 2.43. The maximum atomic E-state index is 6.44. The number of rotatable bonds is 4. The van der Waals surface area contributed by atoms with Crippen molar-refractivity contribution in [3.05, 3.63) is 121 Å². The molecule has 2 heterocycles. The number of thiophene rings is 1. The largest absolute Gasteiger partial charge is 0.457 e. The zero-order valence-electron chi connectivity index (χ0n) is 19.8. The lowest BCUT2D eigenvalue weighted by molar-refractivity contribution is 0.489. The second-order valence-corrected chi connectivity index (χ2v) is 10.3. The Morgan fingerprint density at radius 1 is 0.583 bits per heavy atom. The van der Waals surface area contributed by atoms with E-state index < -0.39 is 0 Å². The molecule has 4 heteroatoms. The van der Waals surface area contributed by atoms with Gasteiger partial charge in [-0.15, -0.1) is 11.3 Å². The Hall–Kier alpha value is -4.28. The van der Waals surface area contributed by atoms with Gasteiger partial charge in [-0.25, -0.2) is 0 Å². The summed E-state index contributed by atoms with van der Waals surface area (Å²) in [5, 5.41) is 4.77. The highest BCUT2D eigenvalue weighted by Gasteiger charge is 2.20. The van der Waals surface area contributed by atoms with Crippen LogP contribution in [0.4, 0.5) is 0 Å². The number of benzene rings is 5. The van der Waals surface area contributed by atoms with Crippen LogP contribution in [0.15, 0.2) is 121 Å². The van der Waals surface area contributed by atoms with E-state index in [9.17, 15) is 0 Å². The van der Waals surface area contributed by atoms with Gasteiger partial charge in [0.25, 0.3) is 0 Å². The normalized spacial score (nSPS) is 11.4. The molecule has 0 aliphatic heterocycles. The predicted molar refractivity (Wildman–Crippen MR) is 156 cm³/mol. The molecule has 0 bridgehead atoms. The van der Waals surface area contributed by atoms with Crippen LogP contribution in [0.2, 0.25) is 0 Å². The monoisotopic (exact) mass is 479 g/mol. The molecule has 0 saturated carbocycles. The SMILES string of the molecule is Bc1cc2c3cc(Oc4ccccc4)c4ccccc4c3n(-c3cccc(-c4ccccc4)c3)c2s1. The lowest BCUT2D eigenvalue weighted by Gasteiger charge is -2.14. The van der Waals surface area contributed by atoms with Crippen molar-refractivity contribution in [3.63, 3.8) is 0 Å². The average molecular weight is 479 g/mol. The van der Waals surface area contributed by atoms with Crippen molar-refractivity contribution in [3.8, 4) is 28.3 Å². The van der Waals surface area contributed by atoms with Gasteiger partial charge in [0.15, 0.2) is 7.85 Å². The molecule has 0 radical (unpaired) electrons. The Morgan fingerprint density at radius 2 is 1.28 bits per heavy atom. The Balaban J connectivity index is 1.54. The summed E-state index contributed by atoms with van der Waals surface area (Å²) in [6.07, 6.45) is 0. The average Bonchev–Trinajstić information content (AvgIpc) is 3.45. The molecule has 0 fully saturated rings. The molecule has 7 rings (SSSR count). The lowest BCUT2D eigenvalue weighted by atomic mass is 10.0. The number of aromatic nitrogens is 1. The maximum absolute atomic E-state index is 6.44. The standard InChI is InChI=1S/C32H22BNOS/c33-30-20-28-27-19-29(35-24-14-5-2-6-15-24)25-16-7-8-17-26(25)31(27)34(32(28)36-30)23-13-9-12-22(18-23)21-10-3-1-4-11-21/h1-20H,33H2. The van der Waals surface area contributed by atoms with E-state index in [2.05, 4.69) is 103 Å². The molecule has 2 nitrogen and oxygen atoms in total. The third-order valence-electron chi connectivity index (χ3n) is 6.71. The van der Waals surface area contributed by atoms with Crippen molar-refractivity contribution in [2.75, 3.05) is 0 Å². The van der Waals surface area contributed by atoms with E-state index in [1.54, 1.807) is 0 Å². The Kier molecular flexibility index (Phi) is 4.93. The highest BCUT2D eigenvalue weighted by molar-refractivity contribution is 7.26. The van der Waals surface area contributed by atoms with Gasteiger partial charge in [0.2, 0.25) is 0 Å². The van der Waals surface area contributed by atoms with Crippen molar-refractivity contribution < 1.29 is 4.74 Å². The number of nitrogens with zero attached hydrogens (tertiary/aromatic N) is 1. The zero-order valence-corrected chi connectivity index (χ0v) is 20.6. The number of hydrogen-bond donors (Lipinski definition) is 0. The molecule has 5 aromatic carbocycles. The van der Waals surface area contributed by atoms with Crippen LogP contribution in [0.5, 0.6) is 11.5 Å². The molecule has 0 amide bonds. The maximum Gasteiger partial charge on any atom is 0.152 e. The molecule has 0 aliphatic carbocycles. The van der Waals surface area contributed by atoms with Gasteiger partial charge in [-0.1, -0.05) is 84.9 Å². The summed E-state index contributed by atoms with van der Waals surface area (Å²) >= 11 is 1.84. The minimum absolute atomic E-state index is 0.842. The molecule has 7 aromatic rings. The van der Waals surface area contributed by atoms with Gasteiger partial charge in [-0.3, -0.25) is 0 Å². The van der Waals surface area contributed by atoms with Gasteiger partial charge >= 0.3 is 0 Å². The van der Waals surface area contributed by atoms with Crippen LogP contribution in [0.25, 0.3) is 48.7 Å². The van der Waals surface area contributed by atoms with Crippen molar-refractivity contribution >= 4 is 55.9 Å². The molecular weight excluding hydrogens is 457 g/mol. The van der Waals surface area contributed by atoms with E-state index in [1.807, 2.05) is 41.7 Å². The fourth-order valence-corrected chi connectivity index (χ4v) is 6.19. The van der Waals surface area contributed by atoms with E-state index in [-0.39, 0.29) is 0 Å². The second kappa shape index (κ2) is 8.44. The summed E-state index contributed by atoms with van der Waals surface area (Å²) in [7, 11) is 2.18. The zero-order chi connectivity index (χ0) is 24.1. The summed E-state index contributed by atoms with van der Waals surface area (Å²) < 4.78 is 10.2. The minimum atomic E-state index is 0.842. The summed E-state index contributed by atoms with van der Waals surface area (Å²) in [5.74, 6) is 1.72. The molecule has 0 saturated heterocycles. The summed E-state index contributed by atoms with van der Waals surface area (Å²) in [6.45, 7) is 0. The first-order valence-electron chi connectivity index (χ1n) is 12.1. The van der Waals surface area contributed by atoms with Gasteiger partial charge in [0.05, 0.1) is 5.52 Å². The van der Waals surface area contributed by atoms with Gasteiger partial charge in [-0.05, 0) is 52.3 Å². The smallest absolute Gasteiger partial charge is 0.152 e. The minimum Gasteiger partial charge on any atom is -0.457 e. The first-order valence-corrected chi connectivity index (χ1v) is 12.9. The third-order valence-corrected chi connectivity index (χ3v) is 7.75. The summed E-state index contributed by atoms with van der Waals surface area (Å²) in [4.78, 5) is 1.26. The molecule has 2 aromatic heterocycles. The fourth-order valence-electron chi connectivity index (χ4n) is 5.14. The van der Waals surface area contributed by atoms with Gasteiger partial charge in [-0.2, -0.15) is 0 Å². The van der Waals surface area contributed by atoms with Crippen LogP contribution in [0, 0.1) is 0 Å². The Labute approximate surface area is 214 Å². The predicted octanol–water partition coefficient (Wildman–Crippen LogP) is 7.72. The number of hydrogen-bond acceptors (Lipinski definition) is 2. The van der Waals surface area contributed by atoms with Gasteiger partial charge in [0, 0.05) is 27.2 Å². The van der Waals surface area contributed by atoms with E-state index in [0.29, 0.717) is 0 Å². The van der Waals surface area contributed by atoms with Crippen LogP contribution in [0.3, 0.4) is 0 Å². The van der Waals surface area contributed by atoms with Crippen molar-refractivity contribution in [2.45, 2.75) is 0 Å². The van der Waals surface area contributed by atoms with Crippen LogP contribution in [-0.4, -0.2) is 12.4 Å². The molecule has 0 unspecified atom stereocenters. The number of para-hydroxylation sites is 1. The topological polar surface area (TPSA) is 14.2 Å². The Morgan fingerprint density at radius 3 is 2.08 bits per heavy atom. The van der Waals surface area contributed by atoms with Crippen LogP contribution in [-0.2, 0) is 0 Å². The molecule has 0 N–H and O–H groups in total. The molecule has 0 aliphatic rings. The fraction of sp³-hybridized carbons (Fsp3) is 0. The third kappa shape index (κ3) is 3.42. The number of ether oxygens (including phenoxy) is 1. The molecule has 170 valence electrons. The molecule has 0 spiro atoms. The van der Waals surface area contributed by atoms with Gasteiger partial charge < -0.3 is 9.30 Å². The molecule has 36 heavy (non-hydrogen) atoms. The van der Waals surface area contributed by atoms with Crippen LogP contribution in [0.1, 0.15) is 0 Å². The van der Waals surface area contributed by atoms with Crippen LogP contribution >= 0.6 is 11.3 Å². The van der Waals surface area contributed by atoms with E-state index in [4.69, 9.17) is 4.74 Å². The van der Waals surface area contributed by atoms with Crippen molar-refractivity contribution in [2.24, 2.45) is 0 Å². The van der Waals surface area contributed by atoms with Gasteiger partial charge in [0.1, 0.15) is 16.3 Å². The van der Waals surface area contributed by atoms with E-state index in [1.165, 1.54) is 48.1 Å². The Bertz CT molecular complexity index is 1870. The summed E-state index contributed by atoms with van der Waals surface area (Å²) in [6, 6.07) is 42.6. The van der Waals surface area contributed by atoms with Crippen LogP contribution < -0.4 is 9.51 Å². The highest BCUT2D eigenvalue weighted by atomic mass is 32.1. The van der Waals surface area contributed by atoms with Crippen molar-refractivity contribution in [1.82, 2.24) is 4.57 Å². The van der Waals surface area contributed by atoms with E-state index >= 15 is 0 Å². The second-order valence-electron chi connectivity index (χ2n) is 9.06. The van der Waals surface area contributed by atoms with E-state index in [0.717, 1.165) is 16.9 Å². The number of fused-ring (bicyclic) bond motifs is 5.